The van der Waals surface area contributed by atoms with Crippen LogP contribution < -0.4 is 0 Å². The second kappa shape index (κ2) is 5.74. The number of aliphatic hydroxyl groups excluding tert-OH is 1. The topological polar surface area (TPSA) is 56.9 Å². The fraction of sp³-hybridized carbons (Fsp3) is 0.455. The summed E-state index contributed by atoms with van der Waals surface area (Å²) in [6, 6.07) is 5.74. The number of aliphatic hydroxyl groups is 1. The lowest BCUT2D eigenvalue weighted by Gasteiger charge is -2.07. The minimum Gasteiger partial charge on any atom is -0.396 e. The summed E-state index contributed by atoms with van der Waals surface area (Å²) >= 11 is 1.52. The zero-order chi connectivity index (χ0) is 11.3. The molecule has 0 radical (unpaired) electrons. The summed E-state index contributed by atoms with van der Waals surface area (Å²) in [5.74, 6) is 1.01. The van der Waals surface area contributed by atoms with E-state index in [2.05, 4.69) is 11.1 Å². The van der Waals surface area contributed by atoms with Gasteiger partial charge in [-0.15, -0.1) is 11.8 Å². The number of nitrogens with zero attached hydrogens (tertiary/aromatic N) is 2. The van der Waals surface area contributed by atoms with Gasteiger partial charge in [0.1, 0.15) is 11.1 Å². The Balaban J connectivity index is 2.75. The summed E-state index contributed by atoms with van der Waals surface area (Å²) in [6.45, 7) is 4.04. The number of hydrogen-bond donors (Lipinski definition) is 1. The van der Waals surface area contributed by atoms with Gasteiger partial charge in [0, 0.05) is 18.1 Å². The average molecular weight is 222 g/mol. The Bertz CT molecular complexity index is 373. The van der Waals surface area contributed by atoms with Gasteiger partial charge < -0.3 is 5.11 Å². The van der Waals surface area contributed by atoms with E-state index >= 15 is 0 Å². The predicted octanol–water partition coefficient (Wildman–Crippen LogP) is 1.98. The van der Waals surface area contributed by atoms with Gasteiger partial charge in [0.15, 0.2) is 0 Å². The largest absolute Gasteiger partial charge is 0.396 e. The fourth-order valence-corrected chi connectivity index (χ4v) is 2.03. The van der Waals surface area contributed by atoms with E-state index in [1.54, 1.807) is 6.07 Å². The van der Waals surface area contributed by atoms with E-state index < -0.39 is 0 Å². The maximum atomic E-state index is 8.90. The highest BCUT2D eigenvalue weighted by Crippen LogP contribution is 2.22. The number of pyridine rings is 1. The smallest absolute Gasteiger partial charge is 0.114 e. The van der Waals surface area contributed by atoms with Crippen molar-refractivity contribution in [2.45, 2.75) is 18.9 Å². The molecule has 0 aromatic carbocycles. The van der Waals surface area contributed by atoms with Crippen molar-refractivity contribution < 1.29 is 5.11 Å². The number of aromatic nitrogens is 1. The van der Waals surface area contributed by atoms with Crippen LogP contribution in [0.3, 0.4) is 0 Å². The minimum absolute atomic E-state index is 0.167. The van der Waals surface area contributed by atoms with Crippen molar-refractivity contribution in [3.8, 4) is 6.07 Å². The van der Waals surface area contributed by atoms with Crippen LogP contribution in [0.1, 0.15) is 18.2 Å². The molecule has 4 heteroatoms. The lowest BCUT2D eigenvalue weighted by atomic mass is 10.2. The van der Waals surface area contributed by atoms with E-state index in [-0.39, 0.29) is 12.5 Å². The molecule has 0 saturated carbocycles. The summed E-state index contributed by atoms with van der Waals surface area (Å²) in [4.78, 5) is 4.31. The van der Waals surface area contributed by atoms with Gasteiger partial charge in [-0.1, -0.05) is 6.92 Å². The van der Waals surface area contributed by atoms with Crippen LogP contribution in [0.25, 0.3) is 0 Å². The Morgan fingerprint density at radius 3 is 2.93 bits per heavy atom. The van der Waals surface area contributed by atoms with Gasteiger partial charge in [0.05, 0.1) is 5.56 Å². The first-order valence-corrected chi connectivity index (χ1v) is 5.77. The number of aryl methyl sites for hydroxylation is 1. The van der Waals surface area contributed by atoms with Crippen LogP contribution in [-0.4, -0.2) is 22.5 Å². The van der Waals surface area contributed by atoms with E-state index in [9.17, 15) is 0 Å². The molecule has 1 rings (SSSR count). The van der Waals surface area contributed by atoms with Gasteiger partial charge in [0.2, 0.25) is 0 Å². The Labute approximate surface area is 94.2 Å². The van der Waals surface area contributed by atoms with E-state index in [4.69, 9.17) is 10.4 Å². The molecule has 0 fully saturated rings. The molecule has 0 aliphatic rings. The molecule has 1 aromatic rings. The lowest BCUT2D eigenvalue weighted by Crippen LogP contribution is -2.04. The molecule has 1 atom stereocenters. The number of thioether (sulfide) groups is 1. The Morgan fingerprint density at radius 2 is 2.33 bits per heavy atom. The van der Waals surface area contributed by atoms with Crippen molar-refractivity contribution in [1.82, 2.24) is 4.98 Å². The van der Waals surface area contributed by atoms with Crippen molar-refractivity contribution in [1.29, 1.82) is 5.26 Å². The molecular formula is C11H14N2OS. The first kappa shape index (κ1) is 12.0. The molecule has 1 aromatic heterocycles. The first-order chi connectivity index (χ1) is 7.17. The fourth-order valence-electron chi connectivity index (χ4n) is 1.00. The lowest BCUT2D eigenvalue weighted by molar-refractivity contribution is 0.250. The second-order valence-electron chi connectivity index (χ2n) is 3.52. The Morgan fingerprint density at radius 1 is 1.60 bits per heavy atom. The maximum absolute atomic E-state index is 8.90. The molecule has 0 aliphatic heterocycles. The summed E-state index contributed by atoms with van der Waals surface area (Å²) < 4.78 is 0. The summed E-state index contributed by atoms with van der Waals surface area (Å²) in [6.07, 6.45) is 0. The molecule has 1 unspecified atom stereocenters. The van der Waals surface area contributed by atoms with Gasteiger partial charge >= 0.3 is 0 Å². The predicted molar refractivity (Wildman–Crippen MR) is 60.7 cm³/mol. The van der Waals surface area contributed by atoms with Gasteiger partial charge in [-0.05, 0) is 25.0 Å². The average Bonchev–Trinajstić information content (AvgIpc) is 2.26. The highest BCUT2D eigenvalue weighted by Gasteiger charge is 2.07. The molecule has 15 heavy (non-hydrogen) atoms. The molecule has 0 aliphatic carbocycles. The third-order valence-electron chi connectivity index (χ3n) is 1.94. The zero-order valence-corrected chi connectivity index (χ0v) is 9.71. The molecule has 80 valence electrons. The van der Waals surface area contributed by atoms with Gasteiger partial charge in [-0.25, -0.2) is 4.98 Å². The first-order valence-electron chi connectivity index (χ1n) is 4.78. The van der Waals surface area contributed by atoms with E-state index in [0.29, 0.717) is 5.56 Å². The van der Waals surface area contributed by atoms with Crippen molar-refractivity contribution in [3.05, 3.63) is 23.4 Å². The molecule has 3 nitrogen and oxygen atoms in total. The Kier molecular flexibility index (Phi) is 4.60. The highest BCUT2D eigenvalue weighted by molar-refractivity contribution is 7.99. The van der Waals surface area contributed by atoms with Gasteiger partial charge in [-0.2, -0.15) is 5.26 Å². The van der Waals surface area contributed by atoms with Crippen LogP contribution in [0.15, 0.2) is 17.2 Å². The van der Waals surface area contributed by atoms with Crippen LogP contribution in [-0.2, 0) is 0 Å². The van der Waals surface area contributed by atoms with Crippen LogP contribution in [0.5, 0.6) is 0 Å². The van der Waals surface area contributed by atoms with Crippen molar-refractivity contribution in [2.75, 3.05) is 12.4 Å². The Hall–Kier alpha value is -1.05. The minimum atomic E-state index is 0.167. The zero-order valence-electron chi connectivity index (χ0n) is 8.90. The van der Waals surface area contributed by atoms with Gasteiger partial charge in [-0.3, -0.25) is 0 Å². The third kappa shape index (κ3) is 3.54. The van der Waals surface area contributed by atoms with Crippen molar-refractivity contribution in [3.63, 3.8) is 0 Å². The monoisotopic (exact) mass is 222 g/mol. The summed E-state index contributed by atoms with van der Waals surface area (Å²) in [7, 11) is 0. The molecule has 0 bridgehead atoms. The number of nitriles is 1. The summed E-state index contributed by atoms with van der Waals surface area (Å²) in [5, 5.41) is 18.5. The highest BCUT2D eigenvalue weighted by atomic mass is 32.2. The van der Waals surface area contributed by atoms with E-state index in [0.717, 1.165) is 16.5 Å². The van der Waals surface area contributed by atoms with Crippen LogP contribution in [0.4, 0.5) is 0 Å². The number of hydrogen-bond acceptors (Lipinski definition) is 4. The van der Waals surface area contributed by atoms with Gasteiger partial charge in [0.25, 0.3) is 0 Å². The van der Waals surface area contributed by atoms with E-state index in [1.807, 2.05) is 19.9 Å². The quantitative estimate of drug-likeness (QED) is 0.791. The molecule has 0 amide bonds. The SMILES string of the molecule is Cc1ccc(C#N)c(SCC(C)CO)n1. The van der Waals surface area contributed by atoms with Crippen molar-refractivity contribution in [2.24, 2.45) is 5.92 Å². The molecule has 0 spiro atoms. The molecular weight excluding hydrogens is 208 g/mol. The third-order valence-corrected chi connectivity index (χ3v) is 3.26. The maximum Gasteiger partial charge on any atom is 0.114 e. The summed E-state index contributed by atoms with van der Waals surface area (Å²) in [5.41, 5.74) is 1.52. The van der Waals surface area contributed by atoms with Crippen LogP contribution >= 0.6 is 11.8 Å². The number of rotatable bonds is 4. The van der Waals surface area contributed by atoms with E-state index in [1.165, 1.54) is 11.8 Å². The van der Waals surface area contributed by atoms with Crippen LogP contribution in [0, 0.1) is 24.2 Å². The molecule has 0 saturated heterocycles. The van der Waals surface area contributed by atoms with Crippen molar-refractivity contribution >= 4 is 11.8 Å². The normalized spacial score (nSPS) is 12.1. The molecule has 1 heterocycles. The second-order valence-corrected chi connectivity index (χ2v) is 4.52. The van der Waals surface area contributed by atoms with Crippen LogP contribution in [0.2, 0.25) is 0 Å². The standard InChI is InChI=1S/C11H14N2OS/c1-8(6-14)7-15-11-10(5-12)4-3-9(2)13-11/h3-4,8,14H,6-7H2,1-2H3. The molecule has 1 N–H and O–H groups in total.